The van der Waals surface area contributed by atoms with Gasteiger partial charge in [-0.05, 0) is 48.5 Å². The number of nitrogens with zero attached hydrogens (tertiary/aromatic N) is 8. The summed E-state index contributed by atoms with van der Waals surface area (Å²) in [6.45, 7) is 0. The molecule has 0 N–H and O–H groups in total. The van der Waals surface area contributed by atoms with E-state index in [1.807, 2.05) is 127 Å². The van der Waals surface area contributed by atoms with Crippen molar-refractivity contribution in [2.75, 3.05) is 0 Å². The van der Waals surface area contributed by atoms with E-state index in [9.17, 15) is 0 Å². The minimum absolute atomic E-state index is 0.468. The van der Waals surface area contributed by atoms with E-state index in [-0.39, 0.29) is 0 Å². The molecule has 0 aliphatic rings. The zero-order valence-corrected chi connectivity index (χ0v) is 40.1. The monoisotopic (exact) mass is 960 g/mol. The molecule has 0 fully saturated rings. The van der Waals surface area contributed by atoms with Gasteiger partial charge in [0.1, 0.15) is 11.2 Å². The van der Waals surface area contributed by atoms with Crippen LogP contribution >= 0.6 is 0 Å². The first-order valence-electron chi connectivity index (χ1n) is 25.0. The van der Waals surface area contributed by atoms with E-state index in [4.69, 9.17) is 34.3 Å². The fourth-order valence-corrected chi connectivity index (χ4v) is 10.9. The molecule has 5 heterocycles. The van der Waals surface area contributed by atoms with Crippen molar-refractivity contribution in [1.82, 2.24) is 39.0 Å². The first kappa shape index (κ1) is 42.3. The summed E-state index contributed by atoms with van der Waals surface area (Å²) in [6.07, 6.45) is 0. The number of hydrogen-bond donors (Lipinski definition) is 0. The quantitative estimate of drug-likeness (QED) is 0.149. The molecule has 0 saturated carbocycles. The molecule has 15 aromatic rings. The van der Waals surface area contributed by atoms with Gasteiger partial charge in [0.15, 0.2) is 34.9 Å². The van der Waals surface area contributed by atoms with E-state index < -0.39 is 0 Å². The maximum Gasteiger partial charge on any atom is 0.164 e. The van der Waals surface area contributed by atoms with Gasteiger partial charge in [0.05, 0.1) is 27.5 Å². The normalized spacial score (nSPS) is 11.7. The van der Waals surface area contributed by atoms with Crippen LogP contribution in [-0.2, 0) is 0 Å². The molecule has 9 nitrogen and oxygen atoms in total. The standard InChI is InChI=1S/C66H40N8O/c1-6-22-41(23-7-1)61-67-62(42-24-8-2-9-25-42)70-65(69-61)47-39-38-46(40-51(47)66-71-63(43-26-10-3-11-27-43)68-64(72-66)44-28-12-4-13-29-44)74-52-35-19-16-32-48(52)55-56-50-34-18-21-37-54(50)75-60(56)57-49-33-17-20-36-53(49)73(59(57)58(55)74)45-30-14-5-15-31-45/h1-40H. The number of hydrogen-bond acceptors (Lipinski definition) is 7. The Bertz CT molecular complexity index is 4570. The van der Waals surface area contributed by atoms with Crippen LogP contribution < -0.4 is 0 Å². The van der Waals surface area contributed by atoms with Gasteiger partial charge in [0, 0.05) is 71.7 Å². The van der Waals surface area contributed by atoms with Crippen LogP contribution in [0, 0.1) is 0 Å². The lowest BCUT2D eigenvalue weighted by Crippen LogP contribution is -2.05. The lowest BCUT2D eigenvalue weighted by molar-refractivity contribution is 0.673. The Labute approximate surface area is 429 Å². The predicted octanol–water partition coefficient (Wildman–Crippen LogP) is 16.2. The summed E-state index contributed by atoms with van der Waals surface area (Å²) >= 11 is 0. The molecule has 0 spiro atoms. The highest BCUT2D eigenvalue weighted by Crippen LogP contribution is 2.50. The van der Waals surface area contributed by atoms with E-state index in [1.165, 1.54) is 0 Å². The van der Waals surface area contributed by atoms with E-state index >= 15 is 0 Å². The third-order valence-electron chi connectivity index (χ3n) is 14.2. The number of rotatable bonds is 8. The van der Waals surface area contributed by atoms with Crippen molar-refractivity contribution in [3.63, 3.8) is 0 Å². The van der Waals surface area contributed by atoms with Gasteiger partial charge in [-0.3, -0.25) is 0 Å². The van der Waals surface area contributed by atoms with Gasteiger partial charge in [-0.25, -0.2) is 29.9 Å². The van der Waals surface area contributed by atoms with Gasteiger partial charge in [0.2, 0.25) is 0 Å². The zero-order chi connectivity index (χ0) is 49.4. The highest BCUT2D eigenvalue weighted by atomic mass is 16.3. The first-order valence-corrected chi connectivity index (χ1v) is 25.0. The average molecular weight is 961 g/mol. The summed E-state index contributed by atoms with van der Waals surface area (Å²) < 4.78 is 11.9. The van der Waals surface area contributed by atoms with E-state index in [2.05, 4.69) is 124 Å². The average Bonchev–Trinajstić information content (AvgIpc) is 4.22. The topological polar surface area (TPSA) is 100 Å². The lowest BCUT2D eigenvalue weighted by atomic mass is 10.0. The Morgan fingerprint density at radius 2 is 0.667 bits per heavy atom. The Balaban J connectivity index is 1.10. The Morgan fingerprint density at radius 3 is 1.19 bits per heavy atom. The third-order valence-corrected chi connectivity index (χ3v) is 14.2. The summed E-state index contributed by atoms with van der Waals surface area (Å²) in [5, 5.41) is 6.45. The van der Waals surface area contributed by atoms with Crippen LogP contribution in [-0.4, -0.2) is 39.0 Å². The number of furan rings is 1. The molecule has 0 aliphatic heterocycles. The number of benzene rings is 10. The molecule has 0 unspecified atom stereocenters. The third kappa shape index (κ3) is 6.86. The Hall–Kier alpha value is -10.4. The van der Waals surface area contributed by atoms with Crippen LogP contribution in [0.15, 0.2) is 247 Å². The summed E-state index contributed by atoms with van der Waals surface area (Å²) in [6, 6.07) is 83.1. The van der Waals surface area contributed by atoms with Crippen molar-refractivity contribution in [2.45, 2.75) is 0 Å². The molecule has 5 aromatic heterocycles. The van der Waals surface area contributed by atoms with Crippen LogP contribution in [0.4, 0.5) is 0 Å². The molecule has 0 saturated heterocycles. The van der Waals surface area contributed by atoms with Crippen LogP contribution in [0.25, 0.3) is 145 Å². The van der Waals surface area contributed by atoms with Gasteiger partial charge in [0.25, 0.3) is 0 Å². The van der Waals surface area contributed by atoms with Gasteiger partial charge >= 0.3 is 0 Å². The fourth-order valence-electron chi connectivity index (χ4n) is 10.9. The van der Waals surface area contributed by atoms with Crippen LogP contribution in [0.1, 0.15) is 0 Å². The smallest absolute Gasteiger partial charge is 0.164 e. The van der Waals surface area contributed by atoms with Gasteiger partial charge in [-0.15, -0.1) is 0 Å². The molecule has 9 heteroatoms. The molecular formula is C66H40N8O. The second-order valence-electron chi connectivity index (χ2n) is 18.6. The van der Waals surface area contributed by atoms with E-state index in [1.54, 1.807) is 0 Å². The van der Waals surface area contributed by atoms with Crippen molar-refractivity contribution in [3.8, 4) is 79.7 Å². The molecule has 0 aliphatic carbocycles. The molecule has 75 heavy (non-hydrogen) atoms. The molecule has 0 radical (unpaired) electrons. The first-order chi connectivity index (χ1) is 37.2. The molecule has 0 atom stereocenters. The van der Waals surface area contributed by atoms with Crippen LogP contribution in [0.5, 0.6) is 0 Å². The number of fused-ring (bicyclic) bond motifs is 12. The minimum Gasteiger partial charge on any atom is -0.455 e. The van der Waals surface area contributed by atoms with Crippen molar-refractivity contribution in [1.29, 1.82) is 0 Å². The Morgan fingerprint density at radius 1 is 0.280 bits per heavy atom. The molecular weight excluding hydrogens is 921 g/mol. The van der Waals surface area contributed by atoms with Crippen molar-refractivity contribution >= 4 is 65.6 Å². The maximum atomic E-state index is 7.05. The number of aromatic nitrogens is 8. The van der Waals surface area contributed by atoms with Gasteiger partial charge in [-0.1, -0.05) is 194 Å². The van der Waals surface area contributed by atoms with Crippen molar-refractivity contribution in [2.24, 2.45) is 0 Å². The summed E-state index contributed by atoms with van der Waals surface area (Å²) in [4.78, 5) is 31.5. The molecule has 10 aromatic carbocycles. The Kier molecular flexibility index (Phi) is 9.67. The van der Waals surface area contributed by atoms with Crippen molar-refractivity contribution in [3.05, 3.63) is 243 Å². The highest BCUT2D eigenvalue weighted by molar-refractivity contribution is 6.39. The SMILES string of the molecule is c1ccc(-c2nc(-c3ccccc3)nc(-c3ccc(-n4c5ccccc5c5c6c7ccccc7oc6c6c7ccccc7n(-c7ccccc7)c6c54)cc3-c3nc(-c4ccccc4)nc(-c4ccccc4)n3)n2)cc1. The second kappa shape index (κ2) is 17.1. The van der Waals surface area contributed by atoms with Gasteiger partial charge in [-0.2, -0.15) is 0 Å². The second-order valence-corrected chi connectivity index (χ2v) is 18.6. The molecule has 0 bridgehead atoms. The summed E-state index contributed by atoms with van der Waals surface area (Å²) in [7, 11) is 0. The zero-order valence-electron chi connectivity index (χ0n) is 40.1. The van der Waals surface area contributed by atoms with Crippen molar-refractivity contribution < 1.29 is 4.42 Å². The molecule has 0 amide bonds. The van der Waals surface area contributed by atoms with E-state index in [0.717, 1.165) is 105 Å². The largest absolute Gasteiger partial charge is 0.455 e. The summed E-state index contributed by atoms with van der Waals surface area (Å²) in [5.41, 5.74) is 12.7. The highest BCUT2D eigenvalue weighted by Gasteiger charge is 2.29. The van der Waals surface area contributed by atoms with E-state index in [0.29, 0.717) is 40.5 Å². The molecule has 350 valence electrons. The predicted molar refractivity (Wildman–Crippen MR) is 302 cm³/mol. The van der Waals surface area contributed by atoms with Crippen LogP contribution in [0.2, 0.25) is 0 Å². The fraction of sp³-hybridized carbons (Fsp3) is 0. The molecule has 15 rings (SSSR count). The summed E-state index contributed by atoms with van der Waals surface area (Å²) in [5.74, 6) is 3.13. The van der Waals surface area contributed by atoms with Crippen LogP contribution in [0.3, 0.4) is 0 Å². The lowest BCUT2D eigenvalue weighted by Gasteiger charge is -2.16. The number of para-hydroxylation sites is 4. The van der Waals surface area contributed by atoms with Gasteiger partial charge < -0.3 is 13.6 Å². The minimum atomic E-state index is 0.468. The maximum absolute atomic E-state index is 7.05.